The van der Waals surface area contributed by atoms with Crippen LogP contribution in [0.15, 0.2) is 60.9 Å². The number of anilines is 1. The summed E-state index contributed by atoms with van der Waals surface area (Å²) in [6.07, 6.45) is 4.06. The maximum Gasteiger partial charge on any atom is 0.322 e. The van der Waals surface area contributed by atoms with E-state index in [0.717, 1.165) is 17.7 Å². The van der Waals surface area contributed by atoms with Crippen molar-refractivity contribution in [2.75, 3.05) is 18.5 Å². The van der Waals surface area contributed by atoms with Crippen molar-refractivity contribution in [3.8, 4) is 17.5 Å². The number of hydrogen-bond acceptors (Lipinski definition) is 5. The summed E-state index contributed by atoms with van der Waals surface area (Å²) in [7, 11) is 0. The normalized spacial score (nSPS) is 12.8. The lowest BCUT2D eigenvalue weighted by Crippen LogP contribution is -2.38. The zero-order valence-electron chi connectivity index (χ0n) is 16.2. The second kappa shape index (κ2) is 8.60. The first kappa shape index (κ1) is 18.7. The van der Waals surface area contributed by atoms with Gasteiger partial charge in [0.1, 0.15) is 11.5 Å². The Labute approximate surface area is 169 Å². The molecule has 1 aliphatic rings. The molecule has 1 aromatic heterocycles. The number of fused-ring (bicyclic) bond motifs is 1. The zero-order chi connectivity index (χ0) is 20.1. The zero-order valence-corrected chi connectivity index (χ0v) is 16.2. The first-order chi connectivity index (χ1) is 14.2. The number of carbonyl (C=O) groups is 1. The highest BCUT2D eigenvalue weighted by molar-refractivity contribution is 5.89. The van der Waals surface area contributed by atoms with Crippen molar-refractivity contribution < 1.29 is 14.3 Å². The summed E-state index contributed by atoms with van der Waals surface area (Å²) in [5, 5.41) is 2.94. The molecule has 0 unspecified atom stereocenters. The van der Waals surface area contributed by atoms with Crippen LogP contribution in [0.2, 0.25) is 0 Å². The van der Waals surface area contributed by atoms with E-state index in [2.05, 4.69) is 21.4 Å². The lowest BCUT2D eigenvalue weighted by Gasteiger charge is -2.29. The van der Waals surface area contributed by atoms with Gasteiger partial charge in [0.15, 0.2) is 0 Å². The van der Waals surface area contributed by atoms with E-state index in [9.17, 15) is 4.79 Å². The molecule has 4 rings (SSSR count). The number of nitrogens with one attached hydrogen (secondary N) is 1. The number of nitrogens with zero attached hydrogens (tertiary/aromatic N) is 3. The smallest absolute Gasteiger partial charge is 0.322 e. The summed E-state index contributed by atoms with van der Waals surface area (Å²) < 4.78 is 11.1. The molecule has 0 saturated carbocycles. The highest BCUT2D eigenvalue weighted by atomic mass is 16.5. The number of amides is 2. The maximum absolute atomic E-state index is 12.7. The fourth-order valence-corrected chi connectivity index (χ4v) is 3.22. The fourth-order valence-electron chi connectivity index (χ4n) is 3.22. The molecule has 0 saturated heterocycles. The van der Waals surface area contributed by atoms with Crippen molar-refractivity contribution in [3.63, 3.8) is 0 Å². The third kappa shape index (κ3) is 4.63. The molecular weight excluding hydrogens is 368 g/mol. The summed E-state index contributed by atoms with van der Waals surface area (Å²) in [6.45, 7) is 3.83. The molecule has 0 spiro atoms. The third-order valence-corrected chi connectivity index (χ3v) is 4.65. The fraction of sp³-hybridized carbons (Fsp3) is 0.227. The van der Waals surface area contributed by atoms with Crippen LogP contribution in [0, 0.1) is 0 Å². The Kier molecular flexibility index (Phi) is 5.56. The number of carbonyl (C=O) groups excluding carboxylic acids is 1. The van der Waals surface area contributed by atoms with Crippen LogP contribution in [-0.2, 0) is 13.0 Å². The van der Waals surface area contributed by atoms with E-state index in [1.807, 2.05) is 19.1 Å². The molecule has 1 aliphatic heterocycles. The number of urea groups is 1. The number of aromatic nitrogens is 2. The van der Waals surface area contributed by atoms with Gasteiger partial charge in [-0.25, -0.2) is 14.8 Å². The van der Waals surface area contributed by atoms with Gasteiger partial charge in [0.2, 0.25) is 0 Å². The van der Waals surface area contributed by atoms with Crippen LogP contribution in [-0.4, -0.2) is 34.1 Å². The Morgan fingerprint density at radius 3 is 2.59 bits per heavy atom. The molecule has 0 fully saturated rings. The molecule has 0 aliphatic carbocycles. The van der Waals surface area contributed by atoms with Gasteiger partial charge in [0, 0.05) is 31.2 Å². The number of benzene rings is 2. The second-order valence-electron chi connectivity index (χ2n) is 6.62. The molecule has 1 N–H and O–H groups in total. The minimum atomic E-state index is -0.127. The van der Waals surface area contributed by atoms with Gasteiger partial charge in [0.25, 0.3) is 0 Å². The molecule has 0 atom stereocenters. The largest absolute Gasteiger partial charge is 0.494 e. The molecule has 2 amide bonds. The average Bonchev–Trinajstić information content (AvgIpc) is 2.75. The van der Waals surface area contributed by atoms with E-state index in [4.69, 9.17) is 9.47 Å². The highest BCUT2D eigenvalue weighted by Crippen LogP contribution is 2.25. The molecule has 3 aromatic rings. The SMILES string of the molecule is CCOc1ccc2c(c1)CN(C(=O)Nc1ccc(Oc3ncccn3)cc1)CC2. The van der Waals surface area contributed by atoms with Gasteiger partial charge in [-0.05, 0) is 66.9 Å². The van der Waals surface area contributed by atoms with Gasteiger partial charge in [-0.2, -0.15) is 0 Å². The van der Waals surface area contributed by atoms with Crippen molar-refractivity contribution >= 4 is 11.7 Å². The van der Waals surface area contributed by atoms with E-state index in [0.29, 0.717) is 31.1 Å². The molecule has 0 bridgehead atoms. The molecule has 2 aromatic carbocycles. The topological polar surface area (TPSA) is 76.6 Å². The van der Waals surface area contributed by atoms with Crippen molar-refractivity contribution in [1.82, 2.24) is 14.9 Å². The lowest BCUT2D eigenvalue weighted by atomic mass is 10.00. The molecule has 148 valence electrons. The molecule has 7 heteroatoms. The highest BCUT2D eigenvalue weighted by Gasteiger charge is 2.21. The maximum atomic E-state index is 12.7. The van der Waals surface area contributed by atoms with Crippen molar-refractivity contribution in [2.45, 2.75) is 19.9 Å². The molecule has 0 radical (unpaired) electrons. The quantitative estimate of drug-likeness (QED) is 0.704. The van der Waals surface area contributed by atoms with E-state index in [1.165, 1.54) is 5.56 Å². The predicted molar refractivity (Wildman–Crippen MR) is 109 cm³/mol. The Morgan fingerprint density at radius 2 is 1.83 bits per heavy atom. The van der Waals surface area contributed by atoms with E-state index >= 15 is 0 Å². The summed E-state index contributed by atoms with van der Waals surface area (Å²) in [5.74, 6) is 1.44. The van der Waals surface area contributed by atoms with Gasteiger partial charge in [-0.15, -0.1) is 0 Å². The van der Waals surface area contributed by atoms with Crippen LogP contribution < -0.4 is 14.8 Å². The molecule has 7 nitrogen and oxygen atoms in total. The molecule has 29 heavy (non-hydrogen) atoms. The van der Waals surface area contributed by atoms with Gasteiger partial charge in [-0.3, -0.25) is 0 Å². The Balaban J connectivity index is 1.37. The van der Waals surface area contributed by atoms with Crippen molar-refractivity contribution in [2.24, 2.45) is 0 Å². The van der Waals surface area contributed by atoms with Crippen molar-refractivity contribution in [1.29, 1.82) is 0 Å². The summed E-state index contributed by atoms with van der Waals surface area (Å²) >= 11 is 0. The Hall–Kier alpha value is -3.61. The third-order valence-electron chi connectivity index (χ3n) is 4.65. The summed E-state index contributed by atoms with van der Waals surface area (Å²) in [5.41, 5.74) is 3.09. The van der Waals surface area contributed by atoms with Crippen LogP contribution in [0.1, 0.15) is 18.1 Å². The predicted octanol–water partition coefficient (Wildman–Crippen LogP) is 4.26. The number of rotatable bonds is 5. The minimum absolute atomic E-state index is 0.127. The number of ether oxygens (including phenoxy) is 2. The Bertz CT molecular complexity index is 977. The molecular formula is C22H22N4O3. The second-order valence-corrected chi connectivity index (χ2v) is 6.62. The Morgan fingerprint density at radius 1 is 1.07 bits per heavy atom. The summed E-state index contributed by atoms with van der Waals surface area (Å²) in [4.78, 5) is 22.5. The first-order valence-corrected chi connectivity index (χ1v) is 9.57. The van der Waals surface area contributed by atoms with Gasteiger partial charge in [-0.1, -0.05) is 6.07 Å². The first-order valence-electron chi connectivity index (χ1n) is 9.57. The van der Waals surface area contributed by atoms with Gasteiger partial charge in [0.05, 0.1) is 6.61 Å². The summed E-state index contributed by atoms with van der Waals surface area (Å²) in [6, 6.07) is 15.1. The monoisotopic (exact) mass is 390 g/mol. The lowest BCUT2D eigenvalue weighted by molar-refractivity contribution is 0.206. The van der Waals surface area contributed by atoms with Crippen LogP contribution >= 0.6 is 0 Å². The average molecular weight is 390 g/mol. The van der Waals surface area contributed by atoms with Crippen LogP contribution in [0.5, 0.6) is 17.5 Å². The van der Waals surface area contributed by atoms with E-state index in [1.54, 1.807) is 47.6 Å². The van der Waals surface area contributed by atoms with Crippen LogP contribution in [0.25, 0.3) is 0 Å². The van der Waals surface area contributed by atoms with Crippen LogP contribution in [0.3, 0.4) is 0 Å². The standard InChI is InChI=1S/C22H22N4O3/c1-2-28-20-7-4-16-10-13-26(15-17(16)14-20)22(27)25-18-5-8-19(9-6-18)29-21-23-11-3-12-24-21/h3-9,11-12,14H,2,10,13,15H2,1H3,(H,25,27). The molecule has 2 heterocycles. The minimum Gasteiger partial charge on any atom is -0.494 e. The van der Waals surface area contributed by atoms with Crippen LogP contribution in [0.4, 0.5) is 10.5 Å². The number of hydrogen-bond donors (Lipinski definition) is 1. The van der Waals surface area contributed by atoms with E-state index in [-0.39, 0.29) is 12.0 Å². The van der Waals surface area contributed by atoms with Gasteiger partial charge >= 0.3 is 12.0 Å². The van der Waals surface area contributed by atoms with Gasteiger partial charge < -0.3 is 19.7 Å². The van der Waals surface area contributed by atoms with E-state index < -0.39 is 0 Å². The van der Waals surface area contributed by atoms with Crippen molar-refractivity contribution in [3.05, 3.63) is 72.1 Å².